The van der Waals surface area contributed by atoms with Gasteiger partial charge in [-0.1, -0.05) is 245 Å². The smallest absolute Gasteiger partial charge is 0.220 e. The molecular formula is C47H94N2O2. The molecule has 2 N–H and O–H groups in total. The van der Waals surface area contributed by atoms with Crippen molar-refractivity contribution >= 4 is 11.8 Å². The molecule has 0 aromatic heterocycles. The van der Waals surface area contributed by atoms with E-state index in [9.17, 15) is 9.59 Å². The molecule has 0 aromatic carbocycles. The highest BCUT2D eigenvalue weighted by Gasteiger charge is 2.09. The van der Waals surface area contributed by atoms with Gasteiger partial charge in [0.15, 0.2) is 0 Å². The first kappa shape index (κ1) is 49.9. The summed E-state index contributed by atoms with van der Waals surface area (Å²) in [5, 5.41) is 6.09. The minimum absolute atomic E-state index is 0.00752. The highest BCUT2D eigenvalue weighted by Crippen LogP contribution is 2.16. The molecule has 0 aliphatic rings. The number of nitrogens with one attached hydrogen (secondary N) is 2. The molecule has 0 rings (SSSR count). The van der Waals surface area contributed by atoms with Crippen LogP contribution in [0, 0.1) is 0 Å². The summed E-state index contributed by atoms with van der Waals surface area (Å²) in [6.45, 7) is 7.11. The van der Waals surface area contributed by atoms with Crippen LogP contribution in [0.4, 0.5) is 0 Å². The van der Waals surface area contributed by atoms with Crippen LogP contribution in [0.2, 0.25) is 0 Å². The SMILES string of the molecule is CCCCCCCCCCCCCCCCCCCCCC(=O)NCC(C)NC(=O)CCCCCCCCCCCCCCCCCCCCC. The molecule has 0 radical (unpaired) electrons. The second-order valence-corrected chi connectivity index (χ2v) is 16.5. The molecule has 51 heavy (non-hydrogen) atoms. The lowest BCUT2D eigenvalue weighted by molar-refractivity contribution is -0.123. The van der Waals surface area contributed by atoms with Gasteiger partial charge >= 0.3 is 0 Å². The zero-order valence-electron chi connectivity index (χ0n) is 35.4. The lowest BCUT2D eigenvalue weighted by Gasteiger charge is -2.15. The first-order chi connectivity index (χ1) is 25.1. The molecule has 1 unspecified atom stereocenters. The molecular weight excluding hydrogens is 625 g/mol. The van der Waals surface area contributed by atoms with Gasteiger partial charge in [0.2, 0.25) is 11.8 Å². The average Bonchev–Trinajstić information content (AvgIpc) is 3.12. The van der Waals surface area contributed by atoms with Crippen LogP contribution in [0.25, 0.3) is 0 Å². The maximum Gasteiger partial charge on any atom is 0.220 e. The quantitative estimate of drug-likeness (QED) is 0.0617. The van der Waals surface area contributed by atoms with Gasteiger partial charge in [-0.15, -0.1) is 0 Å². The molecule has 0 aromatic rings. The second-order valence-electron chi connectivity index (χ2n) is 16.5. The predicted octanol–water partition coefficient (Wildman–Crippen LogP) is 15.3. The molecule has 1 atom stereocenters. The molecule has 2 amide bonds. The third-order valence-electron chi connectivity index (χ3n) is 11.0. The van der Waals surface area contributed by atoms with Gasteiger partial charge in [-0.25, -0.2) is 0 Å². The molecule has 4 heteroatoms. The van der Waals surface area contributed by atoms with E-state index in [-0.39, 0.29) is 17.9 Å². The van der Waals surface area contributed by atoms with Gasteiger partial charge in [-0.3, -0.25) is 9.59 Å². The molecule has 0 aliphatic carbocycles. The fraction of sp³-hybridized carbons (Fsp3) is 0.957. The minimum Gasteiger partial charge on any atom is -0.354 e. The van der Waals surface area contributed by atoms with E-state index >= 15 is 0 Å². The maximum absolute atomic E-state index is 12.3. The Kier molecular flexibility index (Phi) is 42.4. The number of carbonyl (C=O) groups excluding carboxylic acids is 2. The van der Waals surface area contributed by atoms with Crippen LogP contribution in [0.1, 0.15) is 278 Å². The van der Waals surface area contributed by atoms with E-state index in [0.717, 1.165) is 25.7 Å². The third-order valence-corrected chi connectivity index (χ3v) is 11.0. The van der Waals surface area contributed by atoms with E-state index in [1.54, 1.807) is 0 Å². The fourth-order valence-electron chi connectivity index (χ4n) is 7.48. The summed E-state index contributed by atoms with van der Waals surface area (Å²) in [4.78, 5) is 24.6. The van der Waals surface area contributed by atoms with E-state index in [1.165, 1.54) is 218 Å². The molecule has 0 saturated heterocycles. The summed E-state index contributed by atoms with van der Waals surface area (Å²) in [6, 6.07) is -0.00752. The molecule has 304 valence electrons. The van der Waals surface area contributed by atoms with Crippen LogP contribution < -0.4 is 10.6 Å². The summed E-state index contributed by atoms with van der Waals surface area (Å²) in [5.41, 5.74) is 0. The highest BCUT2D eigenvalue weighted by atomic mass is 16.2. The van der Waals surface area contributed by atoms with Crippen LogP contribution in [0.5, 0.6) is 0 Å². The Hall–Kier alpha value is -1.06. The number of rotatable bonds is 43. The van der Waals surface area contributed by atoms with Gasteiger partial charge in [0.1, 0.15) is 0 Å². The van der Waals surface area contributed by atoms with Crippen molar-refractivity contribution < 1.29 is 9.59 Å². The number of carbonyl (C=O) groups is 2. The summed E-state index contributed by atoms with van der Waals surface area (Å²) in [7, 11) is 0. The van der Waals surface area contributed by atoms with Crippen molar-refractivity contribution in [3.8, 4) is 0 Å². The van der Waals surface area contributed by atoms with Crippen LogP contribution in [0.15, 0.2) is 0 Å². The summed E-state index contributed by atoms with van der Waals surface area (Å²) < 4.78 is 0. The number of hydrogen-bond donors (Lipinski definition) is 2. The Bertz CT molecular complexity index is 696. The Labute approximate surface area is 321 Å². The largest absolute Gasteiger partial charge is 0.354 e. The average molecular weight is 719 g/mol. The van der Waals surface area contributed by atoms with Gasteiger partial charge in [-0.2, -0.15) is 0 Å². The van der Waals surface area contributed by atoms with E-state index in [2.05, 4.69) is 24.5 Å². The summed E-state index contributed by atoms with van der Waals surface area (Å²) >= 11 is 0. The Morgan fingerprint density at radius 2 is 0.549 bits per heavy atom. The van der Waals surface area contributed by atoms with Crippen molar-refractivity contribution in [3.63, 3.8) is 0 Å². The van der Waals surface area contributed by atoms with Gasteiger partial charge in [0.05, 0.1) is 0 Å². The Morgan fingerprint density at radius 3 is 0.804 bits per heavy atom. The van der Waals surface area contributed by atoms with E-state index in [0.29, 0.717) is 19.4 Å². The van der Waals surface area contributed by atoms with Crippen LogP contribution in [-0.2, 0) is 9.59 Å². The van der Waals surface area contributed by atoms with Crippen LogP contribution in [-0.4, -0.2) is 24.4 Å². The third kappa shape index (κ3) is 43.2. The van der Waals surface area contributed by atoms with Crippen molar-refractivity contribution in [2.24, 2.45) is 0 Å². The van der Waals surface area contributed by atoms with Gasteiger partial charge in [0.25, 0.3) is 0 Å². The van der Waals surface area contributed by atoms with E-state index in [4.69, 9.17) is 0 Å². The van der Waals surface area contributed by atoms with E-state index in [1.807, 2.05) is 6.92 Å². The molecule has 4 nitrogen and oxygen atoms in total. The van der Waals surface area contributed by atoms with Gasteiger partial charge < -0.3 is 10.6 Å². The van der Waals surface area contributed by atoms with Crippen molar-refractivity contribution in [2.75, 3.05) is 6.54 Å². The fourth-order valence-corrected chi connectivity index (χ4v) is 7.48. The molecule has 0 fully saturated rings. The summed E-state index contributed by atoms with van der Waals surface area (Å²) in [5.74, 6) is 0.254. The zero-order valence-corrected chi connectivity index (χ0v) is 35.4. The van der Waals surface area contributed by atoms with Crippen molar-refractivity contribution in [2.45, 2.75) is 284 Å². The lowest BCUT2D eigenvalue weighted by Crippen LogP contribution is -2.41. The van der Waals surface area contributed by atoms with Gasteiger partial charge in [-0.05, 0) is 19.8 Å². The molecule has 0 aliphatic heterocycles. The Balaban J connectivity index is 3.35. The maximum atomic E-state index is 12.3. The monoisotopic (exact) mass is 719 g/mol. The van der Waals surface area contributed by atoms with Crippen molar-refractivity contribution in [1.82, 2.24) is 10.6 Å². The zero-order chi connectivity index (χ0) is 37.1. The molecule has 0 saturated carbocycles. The predicted molar refractivity (Wildman–Crippen MR) is 227 cm³/mol. The summed E-state index contributed by atoms with van der Waals surface area (Å²) in [6.07, 6.45) is 53.2. The van der Waals surface area contributed by atoms with Crippen LogP contribution >= 0.6 is 0 Å². The first-order valence-electron chi connectivity index (χ1n) is 23.7. The van der Waals surface area contributed by atoms with Gasteiger partial charge in [0, 0.05) is 25.4 Å². The minimum atomic E-state index is -0.00752. The molecule has 0 bridgehead atoms. The van der Waals surface area contributed by atoms with E-state index < -0.39 is 0 Å². The second kappa shape index (κ2) is 43.3. The first-order valence-corrected chi connectivity index (χ1v) is 23.7. The standard InChI is InChI=1S/C47H94N2O2/c1-4-6-8-10-12-14-16-18-20-22-24-26-28-30-32-34-36-38-40-42-46(50)48-44-45(3)49-47(51)43-41-39-37-35-33-31-29-27-25-23-21-19-17-15-13-11-9-7-5-2/h45H,4-44H2,1-3H3,(H,48,50)(H,49,51). The lowest BCUT2D eigenvalue weighted by atomic mass is 10.0. The van der Waals surface area contributed by atoms with Crippen molar-refractivity contribution in [3.05, 3.63) is 0 Å². The highest BCUT2D eigenvalue weighted by molar-refractivity contribution is 5.77. The number of hydrogen-bond acceptors (Lipinski definition) is 2. The number of amides is 2. The molecule has 0 heterocycles. The topological polar surface area (TPSA) is 58.2 Å². The normalized spacial score (nSPS) is 12.0. The molecule has 0 spiro atoms. The number of unbranched alkanes of at least 4 members (excludes halogenated alkanes) is 36. The van der Waals surface area contributed by atoms with Crippen LogP contribution in [0.3, 0.4) is 0 Å². The Morgan fingerprint density at radius 1 is 0.333 bits per heavy atom. The van der Waals surface area contributed by atoms with Crippen molar-refractivity contribution in [1.29, 1.82) is 0 Å².